The van der Waals surface area contributed by atoms with Gasteiger partial charge in [0, 0.05) is 44.8 Å². The molecule has 22 heavy (non-hydrogen) atoms. The van der Waals surface area contributed by atoms with Crippen molar-refractivity contribution in [1.29, 1.82) is 0 Å². The highest BCUT2D eigenvalue weighted by Crippen LogP contribution is 2.27. The Hall–Kier alpha value is -1.30. The first-order chi connectivity index (χ1) is 10.2. The second kappa shape index (κ2) is 7.31. The summed E-state index contributed by atoms with van der Waals surface area (Å²) in [5, 5.41) is 3.66. The Balaban J connectivity index is 0.00000176. The summed E-state index contributed by atoms with van der Waals surface area (Å²) in [5.41, 5.74) is 1.25. The molecule has 2 heterocycles. The van der Waals surface area contributed by atoms with Crippen molar-refractivity contribution in [2.45, 2.75) is 12.8 Å². The van der Waals surface area contributed by atoms with Gasteiger partial charge in [0.2, 0.25) is 5.91 Å². The number of hydrogen-bond acceptors (Lipinski definition) is 3. The molecular formula is C15H19Cl2N3O2. The van der Waals surface area contributed by atoms with Gasteiger partial charge in [0.15, 0.2) is 0 Å². The molecule has 1 N–H and O–H groups in total. The van der Waals surface area contributed by atoms with Crippen LogP contribution in [0.3, 0.4) is 0 Å². The smallest absolute Gasteiger partial charge is 0.255 e. The molecule has 0 bridgehead atoms. The van der Waals surface area contributed by atoms with Crippen molar-refractivity contribution in [3.05, 3.63) is 28.8 Å². The molecule has 0 atom stereocenters. The van der Waals surface area contributed by atoms with E-state index in [0.717, 1.165) is 25.2 Å². The van der Waals surface area contributed by atoms with Gasteiger partial charge in [0.25, 0.3) is 5.91 Å². The number of rotatable bonds is 2. The predicted molar refractivity (Wildman–Crippen MR) is 89.1 cm³/mol. The van der Waals surface area contributed by atoms with Crippen LogP contribution < -0.4 is 10.2 Å². The molecular weight excluding hydrogens is 325 g/mol. The zero-order valence-corrected chi connectivity index (χ0v) is 13.8. The van der Waals surface area contributed by atoms with Gasteiger partial charge >= 0.3 is 0 Å². The average Bonchev–Trinajstić information content (AvgIpc) is 2.94. The van der Waals surface area contributed by atoms with Gasteiger partial charge in [-0.3, -0.25) is 9.59 Å². The van der Waals surface area contributed by atoms with E-state index < -0.39 is 0 Å². The molecule has 120 valence electrons. The SMILES string of the molecule is Cl.O=C(c1cc(N2CCCC2=O)ccc1Cl)N1CCNCC1. The lowest BCUT2D eigenvalue weighted by molar-refractivity contribution is -0.117. The van der Waals surface area contributed by atoms with Gasteiger partial charge in [0.1, 0.15) is 0 Å². The van der Waals surface area contributed by atoms with E-state index in [-0.39, 0.29) is 24.2 Å². The summed E-state index contributed by atoms with van der Waals surface area (Å²) in [4.78, 5) is 27.9. The minimum absolute atomic E-state index is 0. The van der Waals surface area contributed by atoms with Crippen molar-refractivity contribution in [3.63, 3.8) is 0 Å². The maximum atomic E-state index is 12.6. The average molecular weight is 344 g/mol. The quantitative estimate of drug-likeness (QED) is 0.892. The van der Waals surface area contributed by atoms with Crippen molar-refractivity contribution >= 4 is 41.5 Å². The fourth-order valence-corrected chi connectivity index (χ4v) is 3.00. The first kappa shape index (κ1) is 17.1. The fraction of sp³-hybridized carbons (Fsp3) is 0.467. The number of hydrogen-bond donors (Lipinski definition) is 1. The third kappa shape index (κ3) is 3.37. The lowest BCUT2D eigenvalue weighted by Gasteiger charge is -2.28. The summed E-state index contributed by atoms with van der Waals surface area (Å²) in [6.45, 7) is 3.67. The number of carbonyl (C=O) groups excluding carboxylic acids is 2. The molecule has 0 spiro atoms. The Morgan fingerprint density at radius 3 is 2.55 bits per heavy atom. The van der Waals surface area contributed by atoms with E-state index in [2.05, 4.69) is 5.32 Å². The first-order valence-electron chi connectivity index (χ1n) is 7.27. The normalized spacial score (nSPS) is 18.3. The van der Waals surface area contributed by atoms with E-state index >= 15 is 0 Å². The molecule has 2 saturated heterocycles. The first-order valence-corrected chi connectivity index (χ1v) is 7.64. The molecule has 1 aromatic carbocycles. The van der Waals surface area contributed by atoms with E-state index in [1.807, 2.05) is 0 Å². The third-order valence-corrected chi connectivity index (χ3v) is 4.30. The number of benzene rings is 1. The van der Waals surface area contributed by atoms with Crippen LogP contribution in [0.4, 0.5) is 5.69 Å². The third-order valence-electron chi connectivity index (χ3n) is 3.97. The molecule has 0 radical (unpaired) electrons. The van der Waals surface area contributed by atoms with Crippen LogP contribution in [0, 0.1) is 0 Å². The van der Waals surface area contributed by atoms with Crippen LogP contribution in [0.2, 0.25) is 5.02 Å². The van der Waals surface area contributed by atoms with Crippen LogP contribution in [0.5, 0.6) is 0 Å². The van der Waals surface area contributed by atoms with Gasteiger partial charge in [-0.2, -0.15) is 0 Å². The van der Waals surface area contributed by atoms with Crippen molar-refractivity contribution in [3.8, 4) is 0 Å². The van der Waals surface area contributed by atoms with Crippen molar-refractivity contribution in [1.82, 2.24) is 10.2 Å². The summed E-state index contributed by atoms with van der Waals surface area (Å²) in [6, 6.07) is 5.26. The molecule has 0 aliphatic carbocycles. The Kier molecular flexibility index (Phi) is 5.67. The van der Waals surface area contributed by atoms with E-state index in [1.165, 1.54) is 0 Å². The molecule has 1 aromatic rings. The molecule has 5 nitrogen and oxygen atoms in total. The fourth-order valence-electron chi connectivity index (χ4n) is 2.80. The number of nitrogens with one attached hydrogen (secondary N) is 1. The van der Waals surface area contributed by atoms with Crippen LogP contribution in [0.25, 0.3) is 0 Å². The highest BCUT2D eigenvalue weighted by atomic mass is 35.5. The number of carbonyl (C=O) groups is 2. The Morgan fingerprint density at radius 2 is 1.91 bits per heavy atom. The molecule has 2 aliphatic heterocycles. The maximum absolute atomic E-state index is 12.6. The van der Waals surface area contributed by atoms with Gasteiger partial charge in [-0.1, -0.05) is 11.6 Å². The summed E-state index contributed by atoms with van der Waals surface area (Å²) in [7, 11) is 0. The molecule has 0 aromatic heterocycles. The standard InChI is InChI=1S/C15H18ClN3O2.ClH/c16-13-4-3-11(19-7-1-2-14(19)20)10-12(13)15(21)18-8-5-17-6-9-18;/h3-4,10,17H,1-2,5-9H2;1H. The van der Waals surface area contributed by atoms with E-state index in [9.17, 15) is 9.59 Å². The predicted octanol–water partition coefficient (Wildman–Crippen LogP) is 1.93. The highest BCUT2D eigenvalue weighted by molar-refractivity contribution is 6.34. The zero-order valence-electron chi connectivity index (χ0n) is 12.2. The Morgan fingerprint density at radius 1 is 1.18 bits per heavy atom. The molecule has 0 saturated carbocycles. The molecule has 3 rings (SSSR count). The van der Waals surface area contributed by atoms with Gasteiger partial charge in [-0.05, 0) is 24.6 Å². The lowest BCUT2D eigenvalue weighted by Crippen LogP contribution is -2.46. The van der Waals surface area contributed by atoms with Crippen LogP contribution in [0.1, 0.15) is 23.2 Å². The largest absolute Gasteiger partial charge is 0.336 e. The minimum atomic E-state index is -0.0602. The van der Waals surface area contributed by atoms with E-state index in [1.54, 1.807) is 28.0 Å². The Labute approximate surface area is 141 Å². The Bertz CT molecular complexity index is 574. The van der Waals surface area contributed by atoms with Crippen LogP contribution in [-0.4, -0.2) is 49.4 Å². The van der Waals surface area contributed by atoms with Crippen molar-refractivity contribution < 1.29 is 9.59 Å². The van der Waals surface area contributed by atoms with Gasteiger partial charge in [0.05, 0.1) is 10.6 Å². The number of amides is 2. The van der Waals surface area contributed by atoms with Crippen LogP contribution in [-0.2, 0) is 4.79 Å². The van der Waals surface area contributed by atoms with Crippen LogP contribution >= 0.6 is 24.0 Å². The molecule has 7 heteroatoms. The summed E-state index contributed by atoms with van der Waals surface area (Å²) in [5.74, 6) is 0.0490. The van der Waals surface area contributed by atoms with Gasteiger partial charge in [-0.15, -0.1) is 12.4 Å². The van der Waals surface area contributed by atoms with E-state index in [0.29, 0.717) is 36.6 Å². The molecule has 2 fully saturated rings. The van der Waals surface area contributed by atoms with Crippen molar-refractivity contribution in [2.24, 2.45) is 0 Å². The minimum Gasteiger partial charge on any atom is -0.336 e. The van der Waals surface area contributed by atoms with Crippen molar-refractivity contribution in [2.75, 3.05) is 37.6 Å². The molecule has 2 aliphatic rings. The number of nitrogens with zero attached hydrogens (tertiary/aromatic N) is 2. The second-order valence-electron chi connectivity index (χ2n) is 5.36. The number of piperazine rings is 1. The lowest BCUT2D eigenvalue weighted by atomic mass is 10.1. The topological polar surface area (TPSA) is 52.7 Å². The van der Waals surface area contributed by atoms with Gasteiger partial charge < -0.3 is 15.1 Å². The summed E-state index contributed by atoms with van der Waals surface area (Å²) >= 11 is 6.19. The number of anilines is 1. The maximum Gasteiger partial charge on any atom is 0.255 e. The molecule has 0 unspecified atom stereocenters. The second-order valence-corrected chi connectivity index (χ2v) is 5.76. The van der Waals surface area contributed by atoms with Crippen LogP contribution in [0.15, 0.2) is 18.2 Å². The summed E-state index contributed by atoms with van der Waals surface area (Å²) < 4.78 is 0. The zero-order chi connectivity index (χ0) is 14.8. The summed E-state index contributed by atoms with van der Waals surface area (Å²) in [6.07, 6.45) is 1.44. The molecule has 2 amide bonds. The number of halogens is 2. The highest BCUT2D eigenvalue weighted by Gasteiger charge is 2.25. The van der Waals surface area contributed by atoms with Gasteiger partial charge in [-0.25, -0.2) is 0 Å². The van der Waals surface area contributed by atoms with E-state index in [4.69, 9.17) is 11.6 Å². The monoisotopic (exact) mass is 343 g/mol.